The highest BCUT2D eigenvalue weighted by Crippen LogP contribution is 1.98. The molecule has 4 heteroatoms. The van der Waals surface area contributed by atoms with Gasteiger partial charge in [0.05, 0.1) is 0 Å². The normalized spacial score (nSPS) is 13.2. The quantitative estimate of drug-likeness (QED) is 0.728. The molecule has 0 aliphatic rings. The van der Waals surface area contributed by atoms with Gasteiger partial charge in [-0.1, -0.05) is 12.1 Å². The molecule has 1 atom stereocenters. The number of rotatable bonds is 4. The summed E-state index contributed by atoms with van der Waals surface area (Å²) in [7, 11) is 0. The number of aromatic nitrogens is 2. The first-order valence-corrected chi connectivity index (χ1v) is 4.25. The smallest absolute Gasteiger partial charge is 0.223 e. The summed E-state index contributed by atoms with van der Waals surface area (Å²) in [6.07, 6.45) is 0.825. The molecular formula is C8H15N3O. The summed E-state index contributed by atoms with van der Waals surface area (Å²) < 4.78 is 4.85. The van der Waals surface area contributed by atoms with Crippen molar-refractivity contribution in [1.82, 2.24) is 15.5 Å². The summed E-state index contributed by atoms with van der Waals surface area (Å²) in [5, 5.41) is 7.09. The van der Waals surface area contributed by atoms with Gasteiger partial charge in [-0.05, 0) is 13.5 Å². The van der Waals surface area contributed by atoms with Gasteiger partial charge in [0.2, 0.25) is 5.89 Å². The van der Waals surface area contributed by atoms with Crippen molar-refractivity contribution in [2.75, 3.05) is 6.54 Å². The monoisotopic (exact) mass is 169 g/mol. The van der Waals surface area contributed by atoms with Gasteiger partial charge >= 0.3 is 0 Å². The third-order valence-corrected chi connectivity index (χ3v) is 1.61. The number of nitrogens with one attached hydrogen (secondary N) is 1. The van der Waals surface area contributed by atoms with Crippen LogP contribution in [0.3, 0.4) is 0 Å². The van der Waals surface area contributed by atoms with Crippen LogP contribution in [0.2, 0.25) is 0 Å². The first-order valence-electron chi connectivity index (χ1n) is 4.25. The Morgan fingerprint density at radius 3 is 2.83 bits per heavy atom. The van der Waals surface area contributed by atoms with Gasteiger partial charge in [-0.15, -0.1) is 0 Å². The summed E-state index contributed by atoms with van der Waals surface area (Å²) in [5.41, 5.74) is 0. The highest BCUT2D eigenvalue weighted by Gasteiger charge is 2.06. The molecule has 0 radical (unpaired) electrons. The van der Waals surface area contributed by atoms with E-state index in [1.54, 1.807) is 6.92 Å². The maximum Gasteiger partial charge on any atom is 0.223 e. The Labute approximate surface area is 72.4 Å². The number of hydrogen-bond acceptors (Lipinski definition) is 4. The molecule has 0 aliphatic carbocycles. The van der Waals surface area contributed by atoms with Crippen molar-refractivity contribution < 1.29 is 4.52 Å². The molecule has 12 heavy (non-hydrogen) atoms. The van der Waals surface area contributed by atoms with E-state index in [-0.39, 0.29) is 0 Å². The fraction of sp³-hybridized carbons (Fsp3) is 0.750. The van der Waals surface area contributed by atoms with E-state index in [4.69, 9.17) is 4.52 Å². The van der Waals surface area contributed by atoms with Crippen LogP contribution in [0.25, 0.3) is 0 Å². The van der Waals surface area contributed by atoms with Crippen LogP contribution >= 0.6 is 0 Å². The van der Waals surface area contributed by atoms with E-state index in [1.165, 1.54) is 0 Å². The van der Waals surface area contributed by atoms with Crippen molar-refractivity contribution in [2.45, 2.75) is 33.2 Å². The molecule has 0 bridgehead atoms. The molecule has 1 aromatic heterocycles. The molecule has 0 fully saturated rings. The van der Waals surface area contributed by atoms with Gasteiger partial charge in [0.25, 0.3) is 0 Å². The Kier molecular flexibility index (Phi) is 3.22. The Morgan fingerprint density at radius 1 is 1.58 bits per heavy atom. The van der Waals surface area contributed by atoms with Crippen LogP contribution in [0.15, 0.2) is 4.52 Å². The molecule has 0 saturated carbocycles. The Balaban J connectivity index is 2.41. The van der Waals surface area contributed by atoms with E-state index in [1.807, 2.05) is 0 Å². The molecule has 0 spiro atoms. The average Bonchev–Trinajstić information content (AvgIpc) is 2.36. The largest absolute Gasteiger partial charge is 0.340 e. The van der Waals surface area contributed by atoms with Gasteiger partial charge < -0.3 is 9.84 Å². The van der Waals surface area contributed by atoms with Crippen molar-refractivity contribution in [3.05, 3.63) is 11.7 Å². The number of likely N-dealkylation sites (N-methyl/N-ethyl adjacent to an activating group) is 1. The van der Waals surface area contributed by atoms with Crippen LogP contribution in [0.5, 0.6) is 0 Å². The van der Waals surface area contributed by atoms with Crippen LogP contribution in [0, 0.1) is 6.92 Å². The van der Waals surface area contributed by atoms with E-state index >= 15 is 0 Å². The van der Waals surface area contributed by atoms with E-state index in [2.05, 4.69) is 29.3 Å². The zero-order valence-corrected chi connectivity index (χ0v) is 7.79. The molecule has 0 saturated heterocycles. The van der Waals surface area contributed by atoms with Crippen molar-refractivity contribution in [1.29, 1.82) is 0 Å². The van der Waals surface area contributed by atoms with Gasteiger partial charge in [0, 0.05) is 19.4 Å². The second-order valence-corrected chi connectivity index (χ2v) is 2.89. The molecule has 1 N–H and O–H groups in total. The lowest BCUT2D eigenvalue weighted by molar-refractivity contribution is 0.384. The minimum Gasteiger partial charge on any atom is -0.340 e. The molecule has 0 aromatic carbocycles. The Bertz CT molecular complexity index is 234. The summed E-state index contributed by atoms with van der Waals surface area (Å²) in [5.74, 6) is 1.41. The molecule has 1 heterocycles. The van der Waals surface area contributed by atoms with Gasteiger partial charge in [-0.25, -0.2) is 0 Å². The molecule has 1 rings (SSSR count). The second kappa shape index (κ2) is 4.21. The number of hydrogen-bond donors (Lipinski definition) is 1. The lowest BCUT2D eigenvalue weighted by Gasteiger charge is -2.07. The molecule has 0 aliphatic heterocycles. The number of aryl methyl sites for hydroxylation is 1. The van der Waals surface area contributed by atoms with E-state index in [0.29, 0.717) is 11.9 Å². The summed E-state index contributed by atoms with van der Waals surface area (Å²) in [6.45, 7) is 6.96. The Hall–Kier alpha value is -0.900. The fourth-order valence-electron chi connectivity index (χ4n) is 1.12. The maximum atomic E-state index is 4.85. The lowest BCUT2D eigenvalue weighted by atomic mass is 10.2. The number of nitrogens with zero attached hydrogens (tertiary/aromatic N) is 2. The molecule has 0 unspecified atom stereocenters. The molecule has 0 amide bonds. The highest BCUT2D eigenvalue weighted by atomic mass is 16.5. The van der Waals surface area contributed by atoms with Crippen LogP contribution in [0.1, 0.15) is 25.6 Å². The predicted molar refractivity (Wildman–Crippen MR) is 45.9 cm³/mol. The molecule has 4 nitrogen and oxygen atoms in total. The predicted octanol–water partition coefficient (Wildman–Crippen LogP) is 0.919. The van der Waals surface area contributed by atoms with Crippen molar-refractivity contribution in [3.8, 4) is 0 Å². The fourth-order valence-corrected chi connectivity index (χ4v) is 1.12. The van der Waals surface area contributed by atoms with Crippen LogP contribution in [-0.2, 0) is 6.42 Å². The van der Waals surface area contributed by atoms with E-state index in [9.17, 15) is 0 Å². The summed E-state index contributed by atoms with van der Waals surface area (Å²) in [6, 6.07) is 0.409. The SMILES string of the molecule is CCN[C@@H](C)Cc1noc(C)n1. The second-order valence-electron chi connectivity index (χ2n) is 2.89. The van der Waals surface area contributed by atoms with Crippen LogP contribution in [-0.4, -0.2) is 22.7 Å². The third kappa shape index (κ3) is 2.62. The maximum absolute atomic E-state index is 4.85. The highest BCUT2D eigenvalue weighted by molar-refractivity contribution is 4.87. The first kappa shape index (κ1) is 9.19. The summed E-state index contributed by atoms with van der Waals surface area (Å²) in [4.78, 5) is 4.12. The van der Waals surface area contributed by atoms with Crippen molar-refractivity contribution >= 4 is 0 Å². The first-order chi connectivity index (χ1) is 5.72. The van der Waals surface area contributed by atoms with Crippen molar-refractivity contribution in [3.63, 3.8) is 0 Å². The van der Waals surface area contributed by atoms with Gasteiger partial charge in [-0.3, -0.25) is 0 Å². The zero-order chi connectivity index (χ0) is 8.97. The van der Waals surface area contributed by atoms with Gasteiger partial charge in [0.15, 0.2) is 5.82 Å². The van der Waals surface area contributed by atoms with Gasteiger partial charge in [-0.2, -0.15) is 4.98 Å². The lowest BCUT2D eigenvalue weighted by Crippen LogP contribution is -2.27. The van der Waals surface area contributed by atoms with Gasteiger partial charge in [0.1, 0.15) is 0 Å². The molecule has 1 aromatic rings. The zero-order valence-electron chi connectivity index (χ0n) is 7.79. The average molecular weight is 169 g/mol. The topological polar surface area (TPSA) is 51.0 Å². The molecule has 68 valence electrons. The van der Waals surface area contributed by atoms with Crippen LogP contribution < -0.4 is 5.32 Å². The standard InChI is InChI=1S/C8H15N3O/c1-4-9-6(2)5-8-10-7(3)12-11-8/h6,9H,4-5H2,1-3H3/t6-/m0/s1. The van der Waals surface area contributed by atoms with E-state index < -0.39 is 0 Å². The summed E-state index contributed by atoms with van der Waals surface area (Å²) >= 11 is 0. The Morgan fingerprint density at radius 2 is 2.33 bits per heavy atom. The minimum absolute atomic E-state index is 0.409. The molecular weight excluding hydrogens is 154 g/mol. The minimum atomic E-state index is 0.409. The third-order valence-electron chi connectivity index (χ3n) is 1.61. The van der Waals surface area contributed by atoms with E-state index in [0.717, 1.165) is 18.8 Å². The van der Waals surface area contributed by atoms with Crippen molar-refractivity contribution in [2.24, 2.45) is 0 Å². The van der Waals surface area contributed by atoms with Crippen LogP contribution in [0.4, 0.5) is 0 Å².